The molecule has 1 atom stereocenters. The van der Waals surface area contributed by atoms with Gasteiger partial charge in [-0.1, -0.05) is 43.3 Å². The molecule has 2 aromatic carbocycles. The molecule has 21 heavy (non-hydrogen) atoms. The third-order valence-corrected chi connectivity index (χ3v) is 3.24. The first-order chi connectivity index (χ1) is 10.2. The van der Waals surface area contributed by atoms with Crippen LogP contribution in [0, 0.1) is 0 Å². The fraction of sp³-hybridized carbons (Fsp3) is 0.235. The Morgan fingerprint density at radius 1 is 1.10 bits per heavy atom. The number of anilines is 2. The van der Waals surface area contributed by atoms with Crippen molar-refractivity contribution in [3.63, 3.8) is 0 Å². The van der Waals surface area contributed by atoms with E-state index >= 15 is 0 Å². The lowest BCUT2D eigenvalue weighted by Gasteiger charge is -2.19. The normalized spacial score (nSPS) is 11.7. The van der Waals surface area contributed by atoms with Crippen molar-refractivity contribution in [1.82, 2.24) is 0 Å². The van der Waals surface area contributed by atoms with E-state index in [0.29, 0.717) is 5.69 Å². The van der Waals surface area contributed by atoms with Crippen molar-refractivity contribution in [2.24, 2.45) is 0 Å². The summed E-state index contributed by atoms with van der Waals surface area (Å²) in [6.07, 6.45) is 0.956. The summed E-state index contributed by atoms with van der Waals surface area (Å²) in [7, 11) is 0. The Bertz CT molecular complexity index is 584. The van der Waals surface area contributed by atoms with Crippen molar-refractivity contribution in [1.29, 1.82) is 0 Å². The van der Waals surface area contributed by atoms with Gasteiger partial charge in [0.15, 0.2) is 0 Å². The fourth-order valence-corrected chi connectivity index (χ4v) is 2.19. The highest BCUT2D eigenvalue weighted by molar-refractivity contribution is 5.91. The van der Waals surface area contributed by atoms with Crippen LogP contribution in [0.25, 0.3) is 0 Å². The maximum atomic E-state index is 11.2. The van der Waals surface area contributed by atoms with Crippen molar-refractivity contribution < 1.29 is 9.90 Å². The molecule has 0 saturated carbocycles. The van der Waals surface area contributed by atoms with Gasteiger partial charge >= 0.3 is 0 Å². The molecule has 0 bridgehead atoms. The van der Waals surface area contributed by atoms with E-state index in [1.54, 1.807) is 6.07 Å². The molecule has 0 aromatic heterocycles. The number of benzene rings is 2. The standard InChI is InChI=1S/C17H20N2O2/c1-2-16(13-7-4-3-5-8-13)18-14-9-6-10-15(11-14)19-17(21)12-20/h3-11,16,18,20H,2,12H2,1H3,(H,19,21)/t16-/m1/s1. The molecule has 0 fully saturated rings. The van der Waals surface area contributed by atoms with Crippen molar-refractivity contribution in [2.45, 2.75) is 19.4 Å². The van der Waals surface area contributed by atoms with Gasteiger partial charge in [0.2, 0.25) is 5.91 Å². The SMILES string of the molecule is CC[C@@H](Nc1cccc(NC(=O)CO)c1)c1ccccc1. The van der Waals surface area contributed by atoms with Crippen molar-refractivity contribution in [3.05, 3.63) is 60.2 Å². The Hall–Kier alpha value is -2.33. The number of aliphatic hydroxyl groups excluding tert-OH is 1. The Labute approximate surface area is 124 Å². The monoisotopic (exact) mass is 284 g/mol. The number of carbonyl (C=O) groups is 1. The van der Waals surface area contributed by atoms with E-state index in [1.807, 2.05) is 36.4 Å². The number of rotatable bonds is 6. The third-order valence-electron chi connectivity index (χ3n) is 3.24. The molecule has 0 unspecified atom stereocenters. The first-order valence-electron chi connectivity index (χ1n) is 7.05. The van der Waals surface area contributed by atoms with Crippen LogP contribution in [0.3, 0.4) is 0 Å². The lowest BCUT2D eigenvalue weighted by Crippen LogP contribution is -2.15. The molecule has 4 nitrogen and oxygen atoms in total. The number of amides is 1. The molecule has 0 radical (unpaired) electrons. The second-order valence-corrected chi connectivity index (χ2v) is 4.80. The van der Waals surface area contributed by atoms with Gasteiger partial charge in [-0.05, 0) is 30.2 Å². The minimum Gasteiger partial charge on any atom is -0.387 e. The summed E-state index contributed by atoms with van der Waals surface area (Å²) in [5.74, 6) is -0.415. The highest BCUT2D eigenvalue weighted by Gasteiger charge is 2.09. The first kappa shape index (κ1) is 15.1. The second kappa shape index (κ2) is 7.45. The molecule has 1 amide bonds. The van der Waals surface area contributed by atoms with E-state index in [-0.39, 0.29) is 6.04 Å². The van der Waals surface area contributed by atoms with Crippen LogP contribution in [0.4, 0.5) is 11.4 Å². The highest BCUT2D eigenvalue weighted by atomic mass is 16.3. The summed E-state index contributed by atoms with van der Waals surface area (Å²) < 4.78 is 0. The zero-order chi connectivity index (χ0) is 15.1. The molecule has 0 aliphatic heterocycles. The van der Waals surface area contributed by atoms with E-state index in [2.05, 4.69) is 29.7 Å². The molecule has 4 heteroatoms. The maximum Gasteiger partial charge on any atom is 0.250 e. The molecule has 0 aliphatic rings. The smallest absolute Gasteiger partial charge is 0.250 e. The van der Waals surface area contributed by atoms with Crippen molar-refractivity contribution in [3.8, 4) is 0 Å². The number of hydrogen-bond donors (Lipinski definition) is 3. The zero-order valence-corrected chi connectivity index (χ0v) is 12.0. The highest BCUT2D eigenvalue weighted by Crippen LogP contribution is 2.24. The molecule has 110 valence electrons. The van der Waals surface area contributed by atoms with Crippen LogP contribution in [0.5, 0.6) is 0 Å². The Morgan fingerprint density at radius 3 is 2.48 bits per heavy atom. The van der Waals surface area contributed by atoms with Gasteiger partial charge in [-0.15, -0.1) is 0 Å². The molecular formula is C17H20N2O2. The molecule has 2 aromatic rings. The van der Waals surface area contributed by atoms with Crippen molar-refractivity contribution >= 4 is 17.3 Å². The molecule has 0 aliphatic carbocycles. The number of carbonyl (C=O) groups excluding carboxylic acids is 1. The van der Waals surface area contributed by atoms with Gasteiger partial charge in [0.25, 0.3) is 0 Å². The van der Waals surface area contributed by atoms with E-state index < -0.39 is 12.5 Å². The summed E-state index contributed by atoms with van der Waals surface area (Å²) >= 11 is 0. The number of aliphatic hydroxyl groups is 1. The van der Waals surface area contributed by atoms with Crippen LogP contribution in [0.2, 0.25) is 0 Å². The van der Waals surface area contributed by atoms with Gasteiger partial charge in [0.1, 0.15) is 6.61 Å². The summed E-state index contributed by atoms with van der Waals surface area (Å²) in [6.45, 7) is 1.61. The lowest BCUT2D eigenvalue weighted by molar-refractivity contribution is -0.118. The van der Waals surface area contributed by atoms with Crippen LogP contribution in [-0.2, 0) is 4.79 Å². The predicted octanol–water partition coefficient (Wildman–Crippen LogP) is 3.18. The van der Waals surface area contributed by atoms with Gasteiger partial charge in [-0.3, -0.25) is 4.79 Å². The summed E-state index contributed by atoms with van der Waals surface area (Å²) in [5, 5.41) is 14.9. The first-order valence-corrected chi connectivity index (χ1v) is 7.05. The van der Waals surface area contributed by atoms with Crippen molar-refractivity contribution in [2.75, 3.05) is 17.2 Å². The van der Waals surface area contributed by atoms with Gasteiger partial charge in [-0.25, -0.2) is 0 Å². The molecule has 3 N–H and O–H groups in total. The molecule has 0 heterocycles. The zero-order valence-electron chi connectivity index (χ0n) is 12.0. The number of nitrogens with one attached hydrogen (secondary N) is 2. The largest absolute Gasteiger partial charge is 0.387 e. The lowest BCUT2D eigenvalue weighted by atomic mass is 10.0. The van der Waals surface area contributed by atoms with Gasteiger partial charge in [-0.2, -0.15) is 0 Å². The maximum absolute atomic E-state index is 11.2. The summed E-state index contributed by atoms with van der Waals surface area (Å²) in [5.41, 5.74) is 2.83. The van der Waals surface area contributed by atoms with Gasteiger partial charge in [0, 0.05) is 11.4 Å². The van der Waals surface area contributed by atoms with Crippen LogP contribution in [0.15, 0.2) is 54.6 Å². The minimum atomic E-state index is -0.515. The topological polar surface area (TPSA) is 61.4 Å². The third kappa shape index (κ3) is 4.33. The van der Waals surface area contributed by atoms with Crippen LogP contribution >= 0.6 is 0 Å². The average Bonchev–Trinajstić information content (AvgIpc) is 2.53. The van der Waals surface area contributed by atoms with E-state index in [4.69, 9.17) is 5.11 Å². The van der Waals surface area contributed by atoms with Gasteiger partial charge < -0.3 is 15.7 Å². The quantitative estimate of drug-likeness (QED) is 0.763. The average molecular weight is 284 g/mol. The second-order valence-electron chi connectivity index (χ2n) is 4.80. The van der Waals surface area contributed by atoms with E-state index in [0.717, 1.165) is 12.1 Å². The van der Waals surface area contributed by atoms with E-state index in [1.165, 1.54) is 5.56 Å². The van der Waals surface area contributed by atoms with Gasteiger partial charge in [0.05, 0.1) is 6.04 Å². The molecule has 0 saturated heterocycles. The molecule has 2 rings (SSSR count). The fourth-order valence-electron chi connectivity index (χ4n) is 2.19. The Balaban J connectivity index is 2.11. The van der Waals surface area contributed by atoms with E-state index in [9.17, 15) is 4.79 Å². The summed E-state index contributed by atoms with van der Waals surface area (Å²) in [6, 6.07) is 17.9. The minimum absolute atomic E-state index is 0.218. The number of hydrogen-bond acceptors (Lipinski definition) is 3. The Kier molecular flexibility index (Phi) is 5.35. The van der Waals surface area contributed by atoms with Crippen LogP contribution in [0.1, 0.15) is 24.9 Å². The van der Waals surface area contributed by atoms with Crippen LogP contribution < -0.4 is 10.6 Å². The Morgan fingerprint density at radius 2 is 1.81 bits per heavy atom. The van der Waals surface area contributed by atoms with Crippen LogP contribution in [-0.4, -0.2) is 17.6 Å². The predicted molar refractivity (Wildman–Crippen MR) is 85.3 cm³/mol. The molecule has 0 spiro atoms. The summed E-state index contributed by atoms with van der Waals surface area (Å²) in [4.78, 5) is 11.2. The molecular weight excluding hydrogens is 264 g/mol.